The van der Waals surface area contributed by atoms with Gasteiger partial charge in [0.15, 0.2) is 0 Å². The maximum atomic E-state index is 5.28. The van der Waals surface area contributed by atoms with Gasteiger partial charge < -0.3 is 19.4 Å². The van der Waals surface area contributed by atoms with Crippen molar-refractivity contribution in [3.05, 3.63) is 12.4 Å². The second-order valence-corrected chi connectivity index (χ2v) is 3.93. The number of nitrogens with one attached hydrogen (secondary N) is 1. The summed E-state index contributed by atoms with van der Waals surface area (Å²) in [6.07, 6.45) is 4.93. The zero-order chi connectivity index (χ0) is 12.5. The number of hydrogen-bond acceptors (Lipinski definition) is 4. The molecule has 1 aromatic rings. The molecule has 0 bridgehead atoms. The van der Waals surface area contributed by atoms with Gasteiger partial charge in [-0.05, 0) is 20.3 Å². The van der Waals surface area contributed by atoms with E-state index in [1.807, 2.05) is 20.0 Å². The van der Waals surface area contributed by atoms with E-state index in [1.165, 1.54) is 0 Å². The van der Waals surface area contributed by atoms with Gasteiger partial charge >= 0.3 is 0 Å². The van der Waals surface area contributed by atoms with Gasteiger partial charge in [0.05, 0.1) is 12.6 Å². The number of methoxy groups -OCH3 is 1. The zero-order valence-corrected chi connectivity index (χ0v) is 11.0. The summed E-state index contributed by atoms with van der Waals surface area (Å²) in [6.45, 7) is 7.30. The number of nitrogens with zero attached hydrogens (tertiary/aromatic N) is 2. The average molecular weight is 241 g/mol. The second-order valence-electron chi connectivity index (χ2n) is 3.93. The SMILES string of the molecule is CCOCCCNc1nccn1CC(C)OC. The van der Waals surface area contributed by atoms with E-state index in [1.54, 1.807) is 13.3 Å². The highest BCUT2D eigenvalue weighted by molar-refractivity contribution is 5.25. The van der Waals surface area contributed by atoms with Crippen LogP contribution in [0, 0.1) is 0 Å². The van der Waals surface area contributed by atoms with Crippen molar-refractivity contribution in [1.82, 2.24) is 9.55 Å². The first kappa shape index (κ1) is 14.0. The summed E-state index contributed by atoms with van der Waals surface area (Å²) < 4.78 is 12.6. The third-order valence-electron chi connectivity index (χ3n) is 2.52. The summed E-state index contributed by atoms with van der Waals surface area (Å²) in [5.74, 6) is 0.894. The maximum Gasteiger partial charge on any atom is 0.202 e. The van der Waals surface area contributed by atoms with E-state index in [2.05, 4.69) is 14.9 Å². The van der Waals surface area contributed by atoms with E-state index >= 15 is 0 Å². The van der Waals surface area contributed by atoms with Gasteiger partial charge in [-0.15, -0.1) is 0 Å². The van der Waals surface area contributed by atoms with Crippen molar-refractivity contribution in [1.29, 1.82) is 0 Å². The molecule has 1 aromatic heterocycles. The van der Waals surface area contributed by atoms with Crippen molar-refractivity contribution < 1.29 is 9.47 Å². The van der Waals surface area contributed by atoms with Crippen LogP contribution in [-0.2, 0) is 16.0 Å². The van der Waals surface area contributed by atoms with Gasteiger partial charge in [-0.2, -0.15) is 0 Å². The molecule has 1 heterocycles. The predicted molar refractivity (Wildman–Crippen MR) is 68.3 cm³/mol. The maximum absolute atomic E-state index is 5.28. The van der Waals surface area contributed by atoms with E-state index in [0.717, 1.165) is 38.7 Å². The van der Waals surface area contributed by atoms with E-state index in [-0.39, 0.29) is 6.10 Å². The highest BCUT2D eigenvalue weighted by atomic mass is 16.5. The number of imidazole rings is 1. The first-order valence-electron chi connectivity index (χ1n) is 6.13. The van der Waals surface area contributed by atoms with Crippen molar-refractivity contribution in [2.45, 2.75) is 32.9 Å². The van der Waals surface area contributed by atoms with E-state index in [0.29, 0.717) is 0 Å². The Balaban J connectivity index is 2.30. The normalized spacial score (nSPS) is 12.6. The topological polar surface area (TPSA) is 48.3 Å². The molecule has 0 saturated carbocycles. The van der Waals surface area contributed by atoms with Crippen molar-refractivity contribution in [3.63, 3.8) is 0 Å². The zero-order valence-electron chi connectivity index (χ0n) is 11.0. The second kappa shape index (κ2) is 8.08. The molecule has 0 amide bonds. The lowest BCUT2D eigenvalue weighted by Gasteiger charge is -2.13. The van der Waals surface area contributed by atoms with E-state index in [4.69, 9.17) is 9.47 Å². The van der Waals surface area contributed by atoms with Crippen molar-refractivity contribution in [3.8, 4) is 0 Å². The molecule has 0 saturated heterocycles. The van der Waals surface area contributed by atoms with Crippen LogP contribution in [0.1, 0.15) is 20.3 Å². The van der Waals surface area contributed by atoms with Gasteiger partial charge in [-0.25, -0.2) is 4.98 Å². The molecule has 0 fully saturated rings. The monoisotopic (exact) mass is 241 g/mol. The molecular formula is C12H23N3O2. The summed E-state index contributed by atoms with van der Waals surface area (Å²) in [5, 5.41) is 3.30. The minimum Gasteiger partial charge on any atom is -0.382 e. The van der Waals surface area contributed by atoms with Crippen molar-refractivity contribution >= 4 is 5.95 Å². The molecule has 0 aliphatic rings. The summed E-state index contributed by atoms with van der Waals surface area (Å²) in [5.41, 5.74) is 0. The highest BCUT2D eigenvalue weighted by Crippen LogP contribution is 2.06. The van der Waals surface area contributed by atoms with Gasteiger partial charge in [0.1, 0.15) is 0 Å². The summed E-state index contributed by atoms with van der Waals surface area (Å²) in [4.78, 5) is 4.28. The highest BCUT2D eigenvalue weighted by Gasteiger charge is 2.05. The molecule has 1 rings (SSSR count). The Hall–Kier alpha value is -1.07. The third kappa shape index (κ3) is 5.19. The van der Waals surface area contributed by atoms with Crippen LogP contribution >= 0.6 is 0 Å². The van der Waals surface area contributed by atoms with Crippen LogP contribution < -0.4 is 5.32 Å². The number of rotatable bonds is 9. The van der Waals surface area contributed by atoms with Gasteiger partial charge in [-0.1, -0.05) is 0 Å². The number of ether oxygens (including phenoxy) is 2. The van der Waals surface area contributed by atoms with E-state index < -0.39 is 0 Å². The van der Waals surface area contributed by atoms with Gasteiger partial charge in [-0.3, -0.25) is 0 Å². The molecule has 0 aliphatic carbocycles. The number of hydrogen-bond donors (Lipinski definition) is 1. The van der Waals surface area contributed by atoms with Crippen LogP contribution in [0.15, 0.2) is 12.4 Å². The Morgan fingerprint density at radius 2 is 2.35 bits per heavy atom. The summed E-state index contributed by atoms with van der Waals surface area (Å²) in [7, 11) is 1.72. The van der Waals surface area contributed by atoms with Crippen LogP contribution in [0.3, 0.4) is 0 Å². The first-order chi connectivity index (χ1) is 8.27. The molecule has 5 heteroatoms. The molecule has 98 valence electrons. The Morgan fingerprint density at radius 1 is 1.53 bits per heavy atom. The standard InChI is InChI=1S/C12H23N3O2/c1-4-17-9-5-6-13-12-14-7-8-15(12)10-11(2)16-3/h7-8,11H,4-6,9-10H2,1-3H3,(H,13,14). The Kier molecular flexibility index (Phi) is 6.65. The molecule has 0 spiro atoms. The first-order valence-corrected chi connectivity index (χ1v) is 6.13. The largest absolute Gasteiger partial charge is 0.382 e. The molecule has 1 N–H and O–H groups in total. The van der Waals surface area contributed by atoms with Gasteiger partial charge in [0, 0.05) is 39.3 Å². The Bertz CT molecular complexity index is 302. The predicted octanol–water partition coefficient (Wildman–Crippen LogP) is 1.76. The molecule has 0 radical (unpaired) electrons. The fourth-order valence-corrected chi connectivity index (χ4v) is 1.49. The van der Waals surface area contributed by atoms with Gasteiger partial charge in [0.2, 0.25) is 5.95 Å². The fourth-order valence-electron chi connectivity index (χ4n) is 1.49. The Labute approximate surface area is 103 Å². The van der Waals surface area contributed by atoms with Crippen LogP contribution in [0.5, 0.6) is 0 Å². The quantitative estimate of drug-likeness (QED) is 0.669. The van der Waals surface area contributed by atoms with Crippen LogP contribution in [0.4, 0.5) is 5.95 Å². The molecule has 5 nitrogen and oxygen atoms in total. The van der Waals surface area contributed by atoms with Crippen molar-refractivity contribution in [2.24, 2.45) is 0 Å². The van der Waals surface area contributed by atoms with Crippen LogP contribution in [0.2, 0.25) is 0 Å². The molecular weight excluding hydrogens is 218 g/mol. The molecule has 0 aromatic carbocycles. The van der Waals surface area contributed by atoms with Gasteiger partial charge in [0.25, 0.3) is 0 Å². The summed E-state index contributed by atoms with van der Waals surface area (Å²) >= 11 is 0. The van der Waals surface area contributed by atoms with Crippen molar-refractivity contribution in [2.75, 3.05) is 32.2 Å². The smallest absolute Gasteiger partial charge is 0.202 e. The molecule has 1 unspecified atom stereocenters. The third-order valence-corrected chi connectivity index (χ3v) is 2.52. The lowest BCUT2D eigenvalue weighted by Crippen LogP contribution is -2.17. The molecule has 0 aliphatic heterocycles. The van der Waals surface area contributed by atoms with Crippen LogP contribution in [0.25, 0.3) is 0 Å². The lowest BCUT2D eigenvalue weighted by molar-refractivity contribution is 0.104. The Morgan fingerprint density at radius 3 is 3.06 bits per heavy atom. The number of aromatic nitrogens is 2. The average Bonchev–Trinajstić information content (AvgIpc) is 2.76. The minimum absolute atomic E-state index is 0.188. The summed E-state index contributed by atoms with van der Waals surface area (Å²) in [6, 6.07) is 0. The minimum atomic E-state index is 0.188. The molecule has 17 heavy (non-hydrogen) atoms. The molecule has 1 atom stereocenters. The fraction of sp³-hybridized carbons (Fsp3) is 0.750. The van der Waals surface area contributed by atoms with E-state index in [9.17, 15) is 0 Å². The van der Waals surface area contributed by atoms with Crippen LogP contribution in [-0.4, -0.2) is 42.5 Å². The lowest BCUT2D eigenvalue weighted by atomic mass is 10.4. The number of anilines is 1.